The fraction of sp³-hybridized carbons (Fsp3) is 0.267. The summed E-state index contributed by atoms with van der Waals surface area (Å²) < 4.78 is 11.1. The number of carboxylic acids is 1. The molecule has 0 aliphatic carbocycles. The molecular formula is C15H14O4. The van der Waals surface area contributed by atoms with Crippen LogP contribution in [0, 0.1) is 0 Å². The summed E-state index contributed by atoms with van der Waals surface area (Å²) in [5.41, 5.74) is 1.81. The van der Waals surface area contributed by atoms with E-state index in [1.165, 1.54) is 6.07 Å². The highest BCUT2D eigenvalue weighted by atomic mass is 16.5. The number of carbonyl (C=O) groups is 1. The zero-order valence-corrected chi connectivity index (χ0v) is 10.8. The second-order valence-corrected chi connectivity index (χ2v) is 5.33. The normalized spacial score (nSPS) is 15.9. The van der Waals surface area contributed by atoms with Gasteiger partial charge in [0.1, 0.15) is 17.1 Å². The van der Waals surface area contributed by atoms with Crippen molar-refractivity contribution in [2.45, 2.75) is 25.9 Å². The van der Waals surface area contributed by atoms with Crippen molar-refractivity contribution in [1.29, 1.82) is 0 Å². The van der Waals surface area contributed by atoms with Gasteiger partial charge in [0.15, 0.2) is 0 Å². The Balaban J connectivity index is 1.97. The lowest BCUT2D eigenvalue weighted by Crippen LogP contribution is -2.24. The smallest absolute Gasteiger partial charge is 0.371 e. The van der Waals surface area contributed by atoms with E-state index in [0.29, 0.717) is 5.76 Å². The summed E-state index contributed by atoms with van der Waals surface area (Å²) in [5.74, 6) is 0.340. The van der Waals surface area contributed by atoms with Crippen LogP contribution in [0.3, 0.4) is 0 Å². The number of ether oxygens (including phenoxy) is 1. The standard InChI is InChI=1S/C15H14O4/c1-15(2)8-10-7-9(3-4-12(10)19-15)11-5-6-13(18-11)14(16)17/h3-7H,8H2,1-2H3,(H,16,17). The van der Waals surface area contributed by atoms with Crippen molar-refractivity contribution in [3.05, 3.63) is 41.7 Å². The molecule has 0 radical (unpaired) electrons. The molecule has 0 saturated heterocycles. The maximum Gasteiger partial charge on any atom is 0.371 e. The Morgan fingerprint density at radius 3 is 2.74 bits per heavy atom. The van der Waals surface area contributed by atoms with Crippen molar-refractivity contribution >= 4 is 5.97 Å². The van der Waals surface area contributed by atoms with Crippen LogP contribution in [0.1, 0.15) is 30.0 Å². The third-order valence-electron chi connectivity index (χ3n) is 3.16. The summed E-state index contributed by atoms with van der Waals surface area (Å²) in [7, 11) is 0. The number of carboxylic acid groups (broad SMARTS) is 1. The molecule has 2 heterocycles. The fourth-order valence-corrected chi connectivity index (χ4v) is 2.37. The molecule has 4 heteroatoms. The van der Waals surface area contributed by atoms with Gasteiger partial charge in [0.25, 0.3) is 0 Å². The SMILES string of the molecule is CC1(C)Cc2cc(-c3ccc(C(=O)O)o3)ccc2O1. The maximum absolute atomic E-state index is 10.8. The van der Waals surface area contributed by atoms with Gasteiger partial charge in [0, 0.05) is 12.0 Å². The van der Waals surface area contributed by atoms with Crippen LogP contribution in [0.2, 0.25) is 0 Å². The molecule has 1 N–H and O–H groups in total. The molecule has 3 rings (SSSR count). The largest absolute Gasteiger partial charge is 0.487 e. The van der Waals surface area contributed by atoms with Gasteiger partial charge < -0.3 is 14.3 Å². The first-order valence-corrected chi connectivity index (χ1v) is 6.10. The quantitative estimate of drug-likeness (QED) is 0.897. The van der Waals surface area contributed by atoms with Crippen LogP contribution >= 0.6 is 0 Å². The lowest BCUT2D eigenvalue weighted by atomic mass is 10.00. The van der Waals surface area contributed by atoms with Gasteiger partial charge in [-0.2, -0.15) is 0 Å². The van der Waals surface area contributed by atoms with E-state index in [0.717, 1.165) is 23.3 Å². The molecule has 98 valence electrons. The topological polar surface area (TPSA) is 59.7 Å². The van der Waals surface area contributed by atoms with Crippen molar-refractivity contribution in [1.82, 2.24) is 0 Å². The third-order valence-corrected chi connectivity index (χ3v) is 3.16. The van der Waals surface area contributed by atoms with Gasteiger partial charge in [-0.25, -0.2) is 4.79 Å². The van der Waals surface area contributed by atoms with Crippen LogP contribution in [0.25, 0.3) is 11.3 Å². The number of rotatable bonds is 2. The average Bonchev–Trinajstić information content (AvgIpc) is 2.89. The molecule has 0 atom stereocenters. The molecule has 0 saturated carbocycles. The van der Waals surface area contributed by atoms with E-state index < -0.39 is 5.97 Å². The average molecular weight is 258 g/mol. The Morgan fingerprint density at radius 2 is 2.05 bits per heavy atom. The second kappa shape index (κ2) is 3.88. The molecule has 1 aromatic carbocycles. The maximum atomic E-state index is 10.8. The van der Waals surface area contributed by atoms with Gasteiger partial charge in [-0.05, 0) is 49.7 Å². The van der Waals surface area contributed by atoms with Crippen LogP contribution in [-0.2, 0) is 6.42 Å². The van der Waals surface area contributed by atoms with Crippen LogP contribution in [-0.4, -0.2) is 16.7 Å². The molecule has 1 aliphatic rings. The number of hydrogen-bond donors (Lipinski definition) is 1. The molecule has 0 bridgehead atoms. The van der Waals surface area contributed by atoms with E-state index in [4.69, 9.17) is 14.3 Å². The zero-order chi connectivity index (χ0) is 13.6. The molecule has 0 fully saturated rings. The van der Waals surface area contributed by atoms with E-state index in [9.17, 15) is 4.79 Å². The highest BCUT2D eigenvalue weighted by molar-refractivity contribution is 5.85. The Hall–Kier alpha value is -2.23. The highest BCUT2D eigenvalue weighted by Gasteiger charge is 2.30. The first-order chi connectivity index (χ1) is 8.94. The predicted molar refractivity (Wildman–Crippen MR) is 69.5 cm³/mol. The van der Waals surface area contributed by atoms with Crippen molar-refractivity contribution in [3.63, 3.8) is 0 Å². The summed E-state index contributed by atoms with van der Waals surface area (Å²) >= 11 is 0. The minimum atomic E-state index is -1.06. The Labute approximate surface area is 110 Å². The van der Waals surface area contributed by atoms with Crippen molar-refractivity contribution in [2.24, 2.45) is 0 Å². The lowest BCUT2D eigenvalue weighted by Gasteiger charge is -2.16. The second-order valence-electron chi connectivity index (χ2n) is 5.33. The molecule has 2 aromatic rings. The predicted octanol–water partition coefficient (Wildman–Crippen LogP) is 3.36. The van der Waals surface area contributed by atoms with E-state index in [1.807, 2.05) is 32.0 Å². The molecule has 0 unspecified atom stereocenters. The molecular weight excluding hydrogens is 244 g/mol. The molecule has 1 aliphatic heterocycles. The van der Waals surface area contributed by atoms with Crippen LogP contribution in [0.5, 0.6) is 5.75 Å². The van der Waals surface area contributed by atoms with Gasteiger partial charge in [-0.1, -0.05) is 0 Å². The van der Waals surface area contributed by atoms with Crippen molar-refractivity contribution in [3.8, 4) is 17.1 Å². The molecule has 0 spiro atoms. The van der Waals surface area contributed by atoms with Crippen LogP contribution < -0.4 is 4.74 Å². The first-order valence-electron chi connectivity index (χ1n) is 6.10. The summed E-state index contributed by atoms with van der Waals surface area (Å²) in [6, 6.07) is 8.92. The lowest BCUT2D eigenvalue weighted by molar-refractivity contribution is 0.0663. The Morgan fingerprint density at radius 1 is 1.26 bits per heavy atom. The van der Waals surface area contributed by atoms with Crippen molar-refractivity contribution < 1.29 is 19.1 Å². The molecule has 4 nitrogen and oxygen atoms in total. The van der Waals surface area contributed by atoms with Gasteiger partial charge in [-0.15, -0.1) is 0 Å². The van der Waals surface area contributed by atoms with Gasteiger partial charge in [0.2, 0.25) is 5.76 Å². The first kappa shape index (κ1) is 11.8. The zero-order valence-electron chi connectivity index (χ0n) is 10.8. The summed E-state index contributed by atoms with van der Waals surface area (Å²) in [4.78, 5) is 10.8. The minimum absolute atomic E-state index is 0.0490. The summed E-state index contributed by atoms with van der Waals surface area (Å²) in [6.45, 7) is 4.09. The highest BCUT2D eigenvalue weighted by Crippen LogP contribution is 2.37. The number of benzene rings is 1. The molecule has 19 heavy (non-hydrogen) atoms. The number of furan rings is 1. The van der Waals surface area contributed by atoms with E-state index in [2.05, 4.69) is 0 Å². The molecule has 0 amide bonds. The van der Waals surface area contributed by atoms with Crippen LogP contribution in [0.15, 0.2) is 34.7 Å². The van der Waals surface area contributed by atoms with Crippen molar-refractivity contribution in [2.75, 3.05) is 0 Å². The summed E-state index contributed by atoms with van der Waals surface area (Å²) in [5, 5.41) is 8.85. The van der Waals surface area contributed by atoms with Gasteiger partial charge in [0.05, 0.1) is 0 Å². The monoisotopic (exact) mass is 258 g/mol. The van der Waals surface area contributed by atoms with E-state index in [-0.39, 0.29) is 11.4 Å². The summed E-state index contributed by atoms with van der Waals surface area (Å²) in [6.07, 6.45) is 0.836. The number of hydrogen-bond acceptors (Lipinski definition) is 3. The fourth-order valence-electron chi connectivity index (χ4n) is 2.37. The van der Waals surface area contributed by atoms with Crippen LogP contribution in [0.4, 0.5) is 0 Å². The van der Waals surface area contributed by atoms with E-state index in [1.54, 1.807) is 6.07 Å². The number of aromatic carboxylic acids is 1. The van der Waals surface area contributed by atoms with Gasteiger partial charge in [-0.3, -0.25) is 0 Å². The van der Waals surface area contributed by atoms with E-state index >= 15 is 0 Å². The Kier molecular flexibility index (Phi) is 2.42. The minimum Gasteiger partial charge on any atom is -0.487 e. The third kappa shape index (κ3) is 2.10. The molecule has 1 aromatic heterocycles. The van der Waals surface area contributed by atoms with Gasteiger partial charge >= 0.3 is 5.97 Å². The number of fused-ring (bicyclic) bond motifs is 1. The Bertz CT molecular complexity index is 652.